The minimum absolute atomic E-state index is 0.0425. The van der Waals surface area contributed by atoms with Gasteiger partial charge in [-0.2, -0.15) is 13.5 Å². The number of aromatic nitrogens is 2. The van der Waals surface area contributed by atoms with Crippen molar-refractivity contribution in [3.8, 4) is 11.5 Å². The van der Waals surface area contributed by atoms with Crippen LogP contribution < -0.4 is 18.5 Å². The molecule has 0 spiro atoms. The Bertz CT molecular complexity index is 2500. The molecule has 2 amide bonds. The molecule has 5 aromatic rings. The number of imide groups is 1. The average Bonchev–Trinajstić information content (AvgIpc) is 3.96. The number of halogens is 4. The lowest BCUT2D eigenvalue weighted by molar-refractivity contribution is -0.605. The monoisotopic (exact) mass is 840 g/mol. The smallest absolute Gasteiger partial charge is 0.387 e. The van der Waals surface area contributed by atoms with Gasteiger partial charge in [0.05, 0.1) is 47.4 Å². The van der Waals surface area contributed by atoms with Crippen LogP contribution in [0, 0.1) is 11.1 Å². The molecule has 1 aliphatic carbocycles. The molecule has 1 atom stereocenters. The van der Waals surface area contributed by atoms with Crippen LogP contribution in [0.3, 0.4) is 0 Å². The molecule has 1 saturated carbocycles. The molecule has 3 heterocycles. The highest BCUT2D eigenvalue weighted by molar-refractivity contribution is 7.92. The number of benzene rings is 3. The molecule has 18 heteroatoms. The van der Waals surface area contributed by atoms with Gasteiger partial charge in [-0.3, -0.25) is 28.6 Å². The van der Waals surface area contributed by atoms with E-state index in [2.05, 4.69) is 9.72 Å². The van der Waals surface area contributed by atoms with Crippen molar-refractivity contribution in [2.75, 3.05) is 23.7 Å². The summed E-state index contributed by atoms with van der Waals surface area (Å²) in [5, 5.41) is 12.7. The van der Waals surface area contributed by atoms with Crippen LogP contribution in [-0.4, -0.2) is 62.1 Å². The zero-order valence-electron chi connectivity index (χ0n) is 29.9. The molecule has 296 valence electrons. The number of rotatable bonds is 15. The van der Waals surface area contributed by atoms with Gasteiger partial charge in [0.25, 0.3) is 11.8 Å². The second-order valence-corrected chi connectivity index (χ2v) is 16.2. The van der Waals surface area contributed by atoms with Crippen molar-refractivity contribution in [3.63, 3.8) is 0 Å². The van der Waals surface area contributed by atoms with Crippen LogP contribution in [0.1, 0.15) is 56.5 Å². The lowest BCUT2D eigenvalue weighted by Gasteiger charge is -2.23. The molecule has 0 saturated heterocycles. The zero-order chi connectivity index (χ0) is 40.6. The lowest BCUT2D eigenvalue weighted by atomic mass is 10.0. The van der Waals surface area contributed by atoms with Crippen LogP contribution in [0.5, 0.6) is 11.5 Å². The number of carbonyl (C=O) groups is 3. The highest BCUT2D eigenvalue weighted by Gasteiger charge is 2.39. The average molecular weight is 842 g/mol. The first kappa shape index (κ1) is 39.6. The molecule has 7 rings (SSSR count). The molecule has 13 nitrogen and oxygen atoms in total. The Morgan fingerprint density at radius 2 is 1.70 bits per heavy atom. The second-order valence-electron chi connectivity index (χ2n) is 13.5. The minimum atomic E-state index is -3.92. The first-order valence-corrected chi connectivity index (χ1v) is 20.1. The second kappa shape index (κ2) is 16.1. The van der Waals surface area contributed by atoms with Crippen LogP contribution in [0.15, 0.2) is 85.2 Å². The van der Waals surface area contributed by atoms with Gasteiger partial charge >= 0.3 is 12.6 Å². The molecule has 2 aliphatic rings. The quantitative estimate of drug-likeness (QED) is 0.0483. The Kier molecular flexibility index (Phi) is 11.2. The van der Waals surface area contributed by atoms with Gasteiger partial charge in [0.2, 0.25) is 10.0 Å². The van der Waals surface area contributed by atoms with E-state index in [9.17, 15) is 36.8 Å². The maximum absolute atomic E-state index is 13.7. The molecule has 0 N–H and O–H groups in total. The van der Waals surface area contributed by atoms with E-state index in [4.69, 9.17) is 32.7 Å². The van der Waals surface area contributed by atoms with Crippen molar-refractivity contribution in [3.05, 3.63) is 128 Å². The number of para-hydroxylation sites is 1. The maximum atomic E-state index is 13.7. The molecular formula is C39H32Cl2F2N4O9S. The predicted molar refractivity (Wildman–Crippen MR) is 204 cm³/mol. The largest absolute Gasteiger partial charge is 0.619 e. The summed E-state index contributed by atoms with van der Waals surface area (Å²) in [6.45, 7) is -3.95. The van der Waals surface area contributed by atoms with E-state index in [-0.39, 0.29) is 75.0 Å². The number of hydrogen-bond donors (Lipinski definition) is 0. The number of alkyl halides is 2. The van der Waals surface area contributed by atoms with E-state index in [1.807, 2.05) is 24.3 Å². The lowest BCUT2D eigenvalue weighted by Crippen LogP contribution is -2.36. The highest BCUT2D eigenvalue weighted by Crippen LogP contribution is 2.38. The van der Waals surface area contributed by atoms with Crippen molar-refractivity contribution < 1.29 is 50.5 Å². The summed E-state index contributed by atoms with van der Waals surface area (Å²) in [7, 11) is -3.92. The van der Waals surface area contributed by atoms with Crippen molar-refractivity contribution >= 4 is 67.6 Å². The summed E-state index contributed by atoms with van der Waals surface area (Å²) >= 11 is 12.7. The number of amides is 2. The molecule has 1 aliphatic heterocycles. The molecule has 0 bridgehead atoms. The molecular weight excluding hydrogens is 809 g/mol. The fraction of sp³-hybridized carbons (Fsp3) is 0.256. The van der Waals surface area contributed by atoms with Gasteiger partial charge < -0.3 is 19.4 Å². The van der Waals surface area contributed by atoms with E-state index in [0.717, 1.165) is 41.2 Å². The summed E-state index contributed by atoms with van der Waals surface area (Å²) in [5.74, 6) is -2.80. The fourth-order valence-electron chi connectivity index (χ4n) is 6.31. The molecule has 3 aromatic carbocycles. The number of anilines is 1. The van der Waals surface area contributed by atoms with Gasteiger partial charge in [-0.1, -0.05) is 53.5 Å². The number of fused-ring (bicyclic) bond motifs is 2. The number of nitrogens with zero attached hydrogens (tertiary/aromatic N) is 4. The number of ether oxygens (including phenoxy) is 3. The van der Waals surface area contributed by atoms with Gasteiger partial charge in [0, 0.05) is 17.4 Å². The number of hydrogen-bond acceptors (Lipinski definition) is 10. The van der Waals surface area contributed by atoms with Crippen molar-refractivity contribution in [1.82, 2.24) is 9.88 Å². The Balaban J connectivity index is 1.14. The van der Waals surface area contributed by atoms with Crippen LogP contribution in [0.4, 0.5) is 14.5 Å². The third-order valence-corrected chi connectivity index (χ3v) is 11.1. The van der Waals surface area contributed by atoms with E-state index < -0.39 is 47.1 Å². The number of pyridine rings is 2. The van der Waals surface area contributed by atoms with E-state index >= 15 is 0 Å². The number of carbonyl (C=O) groups excluding carboxylic acids is 3. The SMILES string of the molecule is CS(=O)(=O)N(Cc1ccc2ccccc2n1)c1ccc2c(c1)C(=O)N(CC(=O)O[C@@H](Cc1c(Cl)c[n+]([O-])cc1Cl)c1ccc(OC(F)F)c(OCC3CC3)c1)C2=O. The minimum Gasteiger partial charge on any atom is -0.619 e. The molecule has 2 aromatic heterocycles. The van der Waals surface area contributed by atoms with E-state index in [0.29, 0.717) is 20.8 Å². The summed E-state index contributed by atoms with van der Waals surface area (Å²) in [6, 6.07) is 18.7. The predicted octanol–water partition coefficient (Wildman–Crippen LogP) is 6.65. The normalized spacial score (nSPS) is 14.5. The van der Waals surface area contributed by atoms with Crippen LogP contribution in [-0.2, 0) is 32.5 Å². The van der Waals surface area contributed by atoms with E-state index in [1.165, 1.54) is 36.4 Å². The molecule has 0 unspecified atom stereocenters. The third-order valence-electron chi connectivity index (χ3n) is 9.34. The van der Waals surface area contributed by atoms with Crippen LogP contribution >= 0.6 is 23.2 Å². The summed E-state index contributed by atoms with van der Waals surface area (Å²) in [5.41, 5.74) is 1.42. The Hall–Kier alpha value is -5.58. The van der Waals surface area contributed by atoms with Crippen molar-refractivity contribution in [1.29, 1.82) is 0 Å². The maximum Gasteiger partial charge on any atom is 0.387 e. The van der Waals surface area contributed by atoms with Crippen molar-refractivity contribution in [2.24, 2.45) is 5.92 Å². The van der Waals surface area contributed by atoms with Gasteiger partial charge in [-0.25, -0.2) is 8.42 Å². The standard InChI is InChI=1S/C39H32Cl2F2N4O9S/c1-57(52,53)47(17-25-10-8-23-4-2-3-5-32(23)44-25)26-11-12-27-28(15-26)38(50)46(37(27)49)20-36(48)55-34(16-29-30(40)18-45(51)19-31(29)41)24-9-13-33(56-39(42)43)35(14-24)54-21-22-6-7-22/h2-5,8-15,18-19,22,34,39H,6-7,16-17,20-21H2,1H3/t34-/m0/s1. The number of sulfonamides is 1. The summed E-state index contributed by atoms with van der Waals surface area (Å²) in [4.78, 5) is 46.1. The molecule has 0 radical (unpaired) electrons. The Labute approximate surface area is 334 Å². The van der Waals surface area contributed by atoms with Gasteiger partial charge in [0.15, 0.2) is 23.9 Å². The highest BCUT2D eigenvalue weighted by atomic mass is 35.5. The summed E-state index contributed by atoms with van der Waals surface area (Å²) in [6.07, 6.45) is 3.43. The Morgan fingerprint density at radius 3 is 2.40 bits per heavy atom. The molecule has 57 heavy (non-hydrogen) atoms. The number of esters is 1. The topological polar surface area (TPSA) is 159 Å². The third kappa shape index (κ3) is 9.03. The first-order chi connectivity index (χ1) is 27.1. The van der Waals surface area contributed by atoms with Crippen molar-refractivity contribution in [2.45, 2.75) is 38.5 Å². The zero-order valence-corrected chi connectivity index (χ0v) is 32.3. The Morgan fingerprint density at radius 1 is 0.982 bits per heavy atom. The molecule has 1 fully saturated rings. The summed E-state index contributed by atoms with van der Waals surface area (Å²) < 4.78 is 70.3. The van der Waals surface area contributed by atoms with Gasteiger partial charge in [0.1, 0.15) is 22.7 Å². The first-order valence-electron chi connectivity index (χ1n) is 17.4. The van der Waals surface area contributed by atoms with Crippen LogP contribution in [0.2, 0.25) is 10.0 Å². The van der Waals surface area contributed by atoms with Crippen LogP contribution in [0.25, 0.3) is 10.9 Å². The fourth-order valence-corrected chi connectivity index (χ4v) is 7.77. The van der Waals surface area contributed by atoms with E-state index in [1.54, 1.807) is 12.1 Å². The van der Waals surface area contributed by atoms with Gasteiger partial charge in [-0.15, -0.1) is 0 Å². The van der Waals surface area contributed by atoms with Gasteiger partial charge in [-0.05, 0) is 66.8 Å².